The van der Waals surface area contributed by atoms with Crippen molar-refractivity contribution in [3.05, 3.63) is 36.4 Å². The Hall–Kier alpha value is -2.90. The molecule has 4 rings (SSSR count). The smallest absolute Gasteiger partial charge is 0.265 e. The second-order valence-electron chi connectivity index (χ2n) is 6.35. The minimum Gasteiger partial charge on any atom is -0.478 e. The molecule has 2 aromatic rings. The topological polar surface area (TPSA) is 89.3 Å². The lowest BCUT2D eigenvalue weighted by molar-refractivity contribution is -0.122. The third kappa shape index (κ3) is 2.84. The predicted octanol–water partition coefficient (Wildman–Crippen LogP) is 1.47. The molecule has 1 saturated heterocycles. The van der Waals surface area contributed by atoms with E-state index in [0.717, 1.165) is 12.8 Å². The van der Waals surface area contributed by atoms with Gasteiger partial charge in [-0.1, -0.05) is 6.07 Å². The summed E-state index contributed by atoms with van der Waals surface area (Å²) in [7, 11) is 0. The fourth-order valence-corrected chi connectivity index (χ4v) is 3.33. The highest BCUT2D eigenvalue weighted by Crippen LogP contribution is 2.34. The van der Waals surface area contributed by atoms with Crippen LogP contribution in [-0.4, -0.2) is 50.7 Å². The molecular formula is C17H19N5O3. The number of benzene rings is 1. The van der Waals surface area contributed by atoms with Crippen LogP contribution in [0.3, 0.4) is 0 Å². The molecule has 130 valence electrons. The summed E-state index contributed by atoms with van der Waals surface area (Å²) in [5.74, 6) is 0.147. The van der Waals surface area contributed by atoms with Crippen molar-refractivity contribution in [2.45, 2.75) is 31.9 Å². The fourth-order valence-electron chi connectivity index (χ4n) is 3.33. The summed E-state index contributed by atoms with van der Waals surface area (Å²) in [5, 5.41) is 6.97. The number of ether oxygens (including phenoxy) is 1. The second-order valence-corrected chi connectivity index (χ2v) is 6.35. The van der Waals surface area contributed by atoms with E-state index < -0.39 is 6.10 Å². The summed E-state index contributed by atoms with van der Waals surface area (Å²) < 4.78 is 7.50. The van der Waals surface area contributed by atoms with Gasteiger partial charge in [0.2, 0.25) is 0 Å². The van der Waals surface area contributed by atoms with Gasteiger partial charge in [-0.05, 0) is 31.9 Å². The SMILES string of the molecule is C[C@H]1Oc2c(cccc2C(=O)N2CCC[C@H](n3cncn3)C2)NC1=O. The lowest BCUT2D eigenvalue weighted by Crippen LogP contribution is -2.42. The molecule has 0 spiro atoms. The van der Waals surface area contributed by atoms with Gasteiger partial charge in [0, 0.05) is 13.1 Å². The lowest BCUT2D eigenvalue weighted by atomic mass is 10.0. The van der Waals surface area contributed by atoms with Crippen molar-refractivity contribution in [2.75, 3.05) is 18.4 Å². The fraction of sp³-hybridized carbons (Fsp3) is 0.412. The number of fused-ring (bicyclic) bond motifs is 1. The third-order valence-electron chi connectivity index (χ3n) is 4.66. The summed E-state index contributed by atoms with van der Waals surface area (Å²) in [5.41, 5.74) is 1.02. The Morgan fingerprint density at radius 2 is 2.28 bits per heavy atom. The number of likely N-dealkylation sites (tertiary alicyclic amines) is 1. The monoisotopic (exact) mass is 341 g/mol. The number of hydrogen-bond acceptors (Lipinski definition) is 5. The highest BCUT2D eigenvalue weighted by molar-refractivity contribution is 6.04. The van der Waals surface area contributed by atoms with Crippen LogP contribution in [0.15, 0.2) is 30.9 Å². The van der Waals surface area contributed by atoms with E-state index >= 15 is 0 Å². The Morgan fingerprint density at radius 3 is 3.08 bits per heavy atom. The molecule has 2 aliphatic heterocycles. The molecule has 1 fully saturated rings. The zero-order valence-corrected chi connectivity index (χ0v) is 13.9. The van der Waals surface area contributed by atoms with E-state index in [0.29, 0.717) is 30.1 Å². The minimum atomic E-state index is -0.620. The normalized spacial score (nSPS) is 22.8. The van der Waals surface area contributed by atoms with Gasteiger partial charge in [0.15, 0.2) is 11.9 Å². The van der Waals surface area contributed by atoms with Gasteiger partial charge in [-0.2, -0.15) is 5.10 Å². The summed E-state index contributed by atoms with van der Waals surface area (Å²) in [4.78, 5) is 30.6. The highest BCUT2D eigenvalue weighted by Gasteiger charge is 2.31. The van der Waals surface area contributed by atoms with E-state index in [2.05, 4.69) is 15.4 Å². The number of amides is 2. The van der Waals surface area contributed by atoms with E-state index in [1.807, 2.05) is 4.90 Å². The van der Waals surface area contributed by atoms with Crippen molar-refractivity contribution in [2.24, 2.45) is 0 Å². The summed E-state index contributed by atoms with van der Waals surface area (Å²) >= 11 is 0. The van der Waals surface area contributed by atoms with Crippen LogP contribution in [0.5, 0.6) is 5.75 Å². The third-order valence-corrected chi connectivity index (χ3v) is 4.66. The van der Waals surface area contributed by atoms with Gasteiger partial charge in [0.1, 0.15) is 12.7 Å². The predicted molar refractivity (Wildman–Crippen MR) is 89.4 cm³/mol. The molecule has 1 N–H and O–H groups in total. The average molecular weight is 341 g/mol. The molecule has 2 atom stereocenters. The molecule has 0 unspecified atom stereocenters. The number of nitrogens with one attached hydrogen (secondary N) is 1. The van der Waals surface area contributed by atoms with E-state index in [1.165, 1.54) is 6.33 Å². The summed E-state index contributed by atoms with van der Waals surface area (Å²) in [6, 6.07) is 5.36. The van der Waals surface area contributed by atoms with Crippen molar-refractivity contribution in [3.63, 3.8) is 0 Å². The molecule has 25 heavy (non-hydrogen) atoms. The van der Waals surface area contributed by atoms with Gasteiger partial charge in [0.25, 0.3) is 11.8 Å². The molecular weight excluding hydrogens is 322 g/mol. The van der Waals surface area contributed by atoms with Crippen molar-refractivity contribution in [1.82, 2.24) is 19.7 Å². The van der Waals surface area contributed by atoms with Crippen LogP contribution >= 0.6 is 0 Å². The Bertz CT molecular complexity index is 805. The van der Waals surface area contributed by atoms with Crippen LogP contribution < -0.4 is 10.1 Å². The molecule has 8 heteroatoms. The molecule has 2 amide bonds. The first kappa shape index (κ1) is 15.6. The zero-order valence-electron chi connectivity index (χ0n) is 13.9. The maximum Gasteiger partial charge on any atom is 0.265 e. The van der Waals surface area contributed by atoms with Gasteiger partial charge in [0.05, 0.1) is 17.3 Å². The molecule has 0 radical (unpaired) electrons. The van der Waals surface area contributed by atoms with Crippen molar-refractivity contribution >= 4 is 17.5 Å². The van der Waals surface area contributed by atoms with Crippen LogP contribution in [0.2, 0.25) is 0 Å². The standard InChI is InChI=1S/C17H19N5O3/c1-11-16(23)20-14-6-2-5-13(15(14)25-11)17(24)21-7-3-4-12(8-21)22-10-18-9-19-22/h2,5-6,9-12H,3-4,7-8H2,1H3,(H,20,23)/t11-,12+/m1/s1. The Labute approximate surface area is 144 Å². The molecule has 8 nitrogen and oxygen atoms in total. The highest BCUT2D eigenvalue weighted by atomic mass is 16.5. The minimum absolute atomic E-state index is 0.0926. The molecule has 0 bridgehead atoms. The number of para-hydroxylation sites is 1. The number of piperidine rings is 1. The number of nitrogens with zero attached hydrogens (tertiary/aromatic N) is 4. The number of carbonyl (C=O) groups is 2. The summed E-state index contributed by atoms with van der Waals surface area (Å²) in [6.45, 7) is 2.94. The van der Waals surface area contributed by atoms with Gasteiger partial charge < -0.3 is 15.0 Å². The molecule has 0 aliphatic carbocycles. The van der Waals surface area contributed by atoms with Crippen LogP contribution in [0.25, 0.3) is 0 Å². The first-order valence-corrected chi connectivity index (χ1v) is 8.37. The molecule has 1 aromatic carbocycles. The number of hydrogen-bond donors (Lipinski definition) is 1. The van der Waals surface area contributed by atoms with Crippen LogP contribution in [0.1, 0.15) is 36.2 Å². The average Bonchev–Trinajstić information content (AvgIpc) is 3.16. The van der Waals surface area contributed by atoms with Gasteiger partial charge in [-0.15, -0.1) is 0 Å². The van der Waals surface area contributed by atoms with Gasteiger partial charge >= 0.3 is 0 Å². The van der Waals surface area contributed by atoms with E-state index in [9.17, 15) is 9.59 Å². The maximum absolute atomic E-state index is 13.1. The van der Waals surface area contributed by atoms with Crippen LogP contribution in [0, 0.1) is 0 Å². The Kier molecular flexibility index (Phi) is 3.87. The number of rotatable bonds is 2. The maximum atomic E-state index is 13.1. The number of carbonyl (C=O) groups excluding carboxylic acids is 2. The van der Waals surface area contributed by atoms with Crippen LogP contribution in [-0.2, 0) is 4.79 Å². The van der Waals surface area contributed by atoms with Gasteiger partial charge in [-0.3, -0.25) is 9.59 Å². The largest absolute Gasteiger partial charge is 0.478 e. The zero-order chi connectivity index (χ0) is 17.4. The molecule has 1 aromatic heterocycles. The van der Waals surface area contributed by atoms with Gasteiger partial charge in [-0.25, -0.2) is 9.67 Å². The molecule has 3 heterocycles. The van der Waals surface area contributed by atoms with E-state index in [-0.39, 0.29) is 17.9 Å². The van der Waals surface area contributed by atoms with Crippen molar-refractivity contribution in [1.29, 1.82) is 0 Å². The first-order chi connectivity index (χ1) is 12.1. The van der Waals surface area contributed by atoms with Crippen molar-refractivity contribution in [3.8, 4) is 5.75 Å². The quantitative estimate of drug-likeness (QED) is 0.893. The van der Waals surface area contributed by atoms with Crippen molar-refractivity contribution < 1.29 is 14.3 Å². The van der Waals surface area contributed by atoms with E-state index in [4.69, 9.17) is 4.74 Å². The number of anilines is 1. The molecule has 0 saturated carbocycles. The Morgan fingerprint density at radius 1 is 1.40 bits per heavy atom. The summed E-state index contributed by atoms with van der Waals surface area (Å²) in [6.07, 6.45) is 4.43. The first-order valence-electron chi connectivity index (χ1n) is 8.37. The Balaban J connectivity index is 1.59. The lowest BCUT2D eigenvalue weighted by Gasteiger charge is -2.33. The molecule has 2 aliphatic rings. The van der Waals surface area contributed by atoms with E-state index in [1.54, 1.807) is 36.1 Å². The number of aromatic nitrogens is 3. The second kappa shape index (κ2) is 6.19. The van der Waals surface area contributed by atoms with Crippen LogP contribution in [0.4, 0.5) is 5.69 Å².